The van der Waals surface area contributed by atoms with E-state index in [1.807, 2.05) is 0 Å². The Kier molecular flexibility index (Phi) is 3.59. The van der Waals surface area contributed by atoms with Crippen LogP contribution in [0.2, 0.25) is 0 Å². The first-order valence-corrected chi connectivity index (χ1v) is 3.10. The number of rotatable bonds is 3. The van der Waals surface area contributed by atoms with Crippen molar-refractivity contribution in [3.8, 4) is 0 Å². The lowest BCUT2D eigenvalue weighted by molar-refractivity contribution is -0.188. The number of esters is 2. The Hall–Kier alpha value is -1.20. The number of ether oxygens (including phenoxy) is 2. The number of carbonyl (C=O) groups excluding carboxylic acids is 2. The van der Waals surface area contributed by atoms with E-state index in [0.717, 1.165) is 7.11 Å². The molecule has 0 radical (unpaired) electrons. The first-order valence-electron chi connectivity index (χ1n) is 3.10. The zero-order valence-corrected chi connectivity index (χ0v) is 6.60. The zero-order chi connectivity index (χ0) is 9.78. The summed E-state index contributed by atoms with van der Waals surface area (Å²) in [4.78, 5) is 20.7. The molecule has 0 aliphatic rings. The maximum atomic E-state index is 12.4. The van der Waals surface area contributed by atoms with Crippen LogP contribution in [0.3, 0.4) is 0 Å². The van der Waals surface area contributed by atoms with Crippen molar-refractivity contribution in [3.63, 3.8) is 0 Å². The molecule has 0 unspecified atom stereocenters. The van der Waals surface area contributed by atoms with Crippen LogP contribution in [0.1, 0.15) is 6.92 Å². The fraction of sp³-hybridized carbons (Fsp3) is 0.667. The predicted molar refractivity (Wildman–Crippen MR) is 33.6 cm³/mol. The van der Waals surface area contributed by atoms with Crippen LogP contribution in [0.25, 0.3) is 0 Å². The van der Waals surface area contributed by atoms with E-state index in [2.05, 4.69) is 9.47 Å². The molecule has 0 aromatic carbocycles. The summed E-state index contributed by atoms with van der Waals surface area (Å²) in [6.45, 7) is 1.14. The molecule has 0 heterocycles. The summed E-state index contributed by atoms with van der Waals surface area (Å²) in [5.74, 6) is -8.01. The predicted octanol–water partition coefficient (Wildman–Crippen LogP) is 0.358. The molecular formula is C6H8F2O4. The number of hydrogen-bond acceptors (Lipinski definition) is 4. The van der Waals surface area contributed by atoms with Gasteiger partial charge in [-0.3, -0.25) is 0 Å². The highest BCUT2D eigenvalue weighted by molar-refractivity contribution is 6.01. The zero-order valence-electron chi connectivity index (χ0n) is 6.60. The molecule has 0 atom stereocenters. The molecule has 4 nitrogen and oxygen atoms in total. The molecule has 0 fully saturated rings. The van der Waals surface area contributed by atoms with Gasteiger partial charge in [0.1, 0.15) is 0 Å². The SMILES string of the molecule is CCOC(=O)C(F)(F)C(=O)OC. The molecule has 0 aliphatic heterocycles. The molecule has 6 heteroatoms. The number of halogens is 2. The molecule has 12 heavy (non-hydrogen) atoms. The summed E-state index contributed by atoms with van der Waals surface area (Å²) < 4.78 is 32.5. The van der Waals surface area contributed by atoms with Crippen LogP contribution in [0, 0.1) is 0 Å². The smallest absolute Gasteiger partial charge is 0.437 e. The normalized spacial score (nSPS) is 10.7. The minimum atomic E-state index is -4.20. The van der Waals surface area contributed by atoms with Gasteiger partial charge in [-0.15, -0.1) is 0 Å². The van der Waals surface area contributed by atoms with Gasteiger partial charge in [-0.05, 0) is 6.92 Å². The lowest BCUT2D eigenvalue weighted by Crippen LogP contribution is -2.40. The van der Waals surface area contributed by atoms with Crippen LogP contribution in [-0.2, 0) is 19.1 Å². The molecule has 0 aromatic heterocycles. The van der Waals surface area contributed by atoms with Crippen molar-refractivity contribution < 1.29 is 27.8 Å². The highest BCUT2D eigenvalue weighted by Gasteiger charge is 2.50. The molecule has 0 saturated heterocycles. The van der Waals surface area contributed by atoms with Gasteiger partial charge >= 0.3 is 17.9 Å². The summed E-state index contributed by atoms with van der Waals surface area (Å²) in [6, 6.07) is 0. The first-order chi connectivity index (χ1) is 5.46. The minimum absolute atomic E-state index is 0.217. The van der Waals surface area contributed by atoms with Crippen molar-refractivity contribution >= 4 is 11.9 Å². The summed E-state index contributed by atoms with van der Waals surface area (Å²) in [7, 11) is 0.759. The third-order valence-corrected chi connectivity index (χ3v) is 0.974. The van der Waals surface area contributed by atoms with Crippen LogP contribution in [0.5, 0.6) is 0 Å². The lowest BCUT2D eigenvalue weighted by Gasteiger charge is -2.10. The third kappa shape index (κ3) is 2.14. The molecule has 0 aliphatic carbocycles. The average molecular weight is 182 g/mol. The Bertz CT molecular complexity index is 190. The number of hydrogen-bond donors (Lipinski definition) is 0. The molecule has 0 spiro atoms. The summed E-state index contributed by atoms with van der Waals surface area (Å²) >= 11 is 0. The monoisotopic (exact) mass is 182 g/mol. The minimum Gasteiger partial charge on any atom is -0.464 e. The highest BCUT2D eigenvalue weighted by atomic mass is 19.3. The third-order valence-electron chi connectivity index (χ3n) is 0.974. The van der Waals surface area contributed by atoms with Gasteiger partial charge in [-0.1, -0.05) is 0 Å². The second-order valence-electron chi connectivity index (χ2n) is 1.79. The van der Waals surface area contributed by atoms with Crippen molar-refractivity contribution in [2.45, 2.75) is 12.8 Å². The quantitative estimate of drug-likeness (QED) is 0.467. The van der Waals surface area contributed by atoms with E-state index in [1.54, 1.807) is 0 Å². The van der Waals surface area contributed by atoms with Crippen LogP contribution in [-0.4, -0.2) is 31.6 Å². The number of alkyl halides is 2. The molecule has 0 bridgehead atoms. The lowest BCUT2D eigenvalue weighted by atomic mass is 10.3. The van der Waals surface area contributed by atoms with Gasteiger partial charge in [-0.2, -0.15) is 8.78 Å². The summed E-state index contributed by atoms with van der Waals surface area (Å²) in [5.41, 5.74) is 0. The van der Waals surface area contributed by atoms with Crippen LogP contribution in [0.15, 0.2) is 0 Å². The average Bonchev–Trinajstić information content (AvgIpc) is 2.03. The Morgan fingerprint density at radius 2 is 1.83 bits per heavy atom. The molecule has 0 amide bonds. The standard InChI is InChI=1S/C6H8F2O4/c1-3-12-5(10)6(7,8)4(9)11-2/h3H2,1-2H3. The molecular weight excluding hydrogens is 174 g/mol. The van der Waals surface area contributed by atoms with Crippen LogP contribution >= 0.6 is 0 Å². The molecule has 0 saturated carbocycles. The molecule has 0 N–H and O–H groups in total. The van der Waals surface area contributed by atoms with E-state index in [-0.39, 0.29) is 6.61 Å². The van der Waals surface area contributed by atoms with Gasteiger partial charge in [-0.25, -0.2) is 9.59 Å². The van der Waals surface area contributed by atoms with E-state index in [0.29, 0.717) is 0 Å². The van der Waals surface area contributed by atoms with E-state index in [9.17, 15) is 18.4 Å². The summed E-state index contributed by atoms with van der Waals surface area (Å²) in [6.07, 6.45) is 0. The Balaban J connectivity index is 4.38. The van der Waals surface area contributed by atoms with Gasteiger partial charge in [0.25, 0.3) is 0 Å². The molecule has 70 valence electrons. The maximum absolute atomic E-state index is 12.4. The van der Waals surface area contributed by atoms with E-state index in [4.69, 9.17) is 0 Å². The van der Waals surface area contributed by atoms with Crippen molar-refractivity contribution in [1.82, 2.24) is 0 Å². The fourth-order valence-corrected chi connectivity index (χ4v) is 0.433. The van der Waals surface area contributed by atoms with Crippen molar-refractivity contribution in [3.05, 3.63) is 0 Å². The second kappa shape index (κ2) is 3.99. The maximum Gasteiger partial charge on any atom is 0.437 e. The van der Waals surface area contributed by atoms with E-state index in [1.165, 1.54) is 6.92 Å². The Labute approximate surface area is 67.4 Å². The van der Waals surface area contributed by atoms with Gasteiger partial charge in [0.05, 0.1) is 13.7 Å². The summed E-state index contributed by atoms with van der Waals surface area (Å²) in [5, 5.41) is 0. The fourth-order valence-electron chi connectivity index (χ4n) is 0.433. The number of methoxy groups -OCH3 is 1. The Morgan fingerprint density at radius 1 is 1.33 bits per heavy atom. The molecule has 0 aromatic rings. The molecule has 0 rings (SSSR count). The van der Waals surface area contributed by atoms with Gasteiger partial charge in [0.2, 0.25) is 0 Å². The van der Waals surface area contributed by atoms with E-state index < -0.39 is 17.9 Å². The van der Waals surface area contributed by atoms with E-state index >= 15 is 0 Å². The van der Waals surface area contributed by atoms with Crippen molar-refractivity contribution in [2.75, 3.05) is 13.7 Å². The van der Waals surface area contributed by atoms with Gasteiger partial charge in [0, 0.05) is 0 Å². The first kappa shape index (κ1) is 10.8. The van der Waals surface area contributed by atoms with Gasteiger partial charge < -0.3 is 9.47 Å². The van der Waals surface area contributed by atoms with Crippen molar-refractivity contribution in [2.24, 2.45) is 0 Å². The largest absolute Gasteiger partial charge is 0.464 e. The van der Waals surface area contributed by atoms with Crippen molar-refractivity contribution in [1.29, 1.82) is 0 Å². The van der Waals surface area contributed by atoms with Crippen LogP contribution in [0.4, 0.5) is 8.78 Å². The highest BCUT2D eigenvalue weighted by Crippen LogP contribution is 2.16. The van der Waals surface area contributed by atoms with Crippen LogP contribution < -0.4 is 0 Å². The topological polar surface area (TPSA) is 52.6 Å². The second-order valence-corrected chi connectivity index (χ2v) is 1.79. The Morgan fingerprint density at radius 3 is 2.17 bits per heavy atom. The number of carbonyl (C=O) groups is 2. The van der Waals surface area contributed by atoms with Gasteiger partial charge in [0.15, 0.2) is 0 Å².